The van der Waals surface area contributed by atoms with Crippen molar-refractivity contribution in [3.8, 4) is 6.07 Å². The fraction of sp³-hybridized carbons (Fsp3) is 0.636. The molecule has 0 aliphatic heterocycles. The molecule has 0 rings (SSSR count). The zero-order chi connectivity index (χ0) is 11.6. The second kappa shape index (κ2) is 9.23. The van der Waals surface area contributed by atoms with Crippen molar-refractivity contribution in [3.05, 3.63) is 12.7 Å². The topological polar surface area (TPSA) is 23.8 Å². The Labute approximate surface area is 97.6 Å². The van der Waals surface area contributed by atoms with Crippen molar-refractivity contribution in [2.45, 2.75) is 39.4 Å². The molecule has 0 aromatic rings. The van der Waals surface area contributed by atoms with E-state index in [0.29, 0.717) is 5.25 Å². The van der Waals surface area contributed by atoms with Gasteiger partial charge in [0.25, 0.3) is 0 Å². The molecule has 0 fully saturated rings. The molecule has 0 bridgehead atoms. The van der Waals surface area contributed by atoms with Gasteiger partial charge < -0.3 is 0 Å². The second-order valence-corrected chi connectivity index (χ2v) is 5.50. The highest BCUT2D eigenvalue weighted by molar-refractivity contribution is 8.21. The minimum absolute atomic E-state index is 0.218. The Kier molecular flexibility index (Phi) is 10.6. The first-order valence-corrected chi connectivity index (χ1v) is 5.92. The minimum atomic E-state index is -0.218. The van der Waals surface area contributed by atoms with Gasteiger partial charge in [-0.25, -0.2) is 0 Å². The molecule has 0 radical (unpaired) electrons. The number of thiocarbonyl (C=S) groups is 1. The third-order valence-corrected chi connectivity index (χ3v) is 2.46. The number of nitriles is 1. The molecule has 14 heavy (non-hydrogen) atoms. The molecule has 0 aliphatic carbocycles. The van der Waals surface area contributed by atoms with E-state index in [2.05, 4.69) is 19.6 Å². The minimum Gasteiger partial charge on any atom is -0.198 e. The summed E-state index contributed by atoms with van der Waals surface area (Å²) in [6.07, 6.45) is 2.64. The summed E-state index contributed by atoms with van der Waals surface area (Å²) in [5.41, 5.74) is -0.218. The van der Waals surface area contributed by atoms with Gasteiger partial charge in [0.2, 0.25) is 0 Å². The van der Waals surface area contributed by atoms with Crippen molar-refractivity contribution >= 4 is 28.7 Å². The lowest BCUT2D eigenvalue weighted by atomic mass is 9.90. The normalized spacial score (nSPS) is 11.6. The molecule has 0 amide bonds. The smallest absolute Gasteiger partial charge is 0.0684 e. The Morgan fingerprint density at radius 1 is 1.64 bits per heavy atom. The van der Waals surface area contributed by atoms with Crippen LogP contribution in [0.2, 0.25) is 0 Å². The molecule has 1 unspecified atom stereocenters. The number of rotatable bonds is 4. The Balaban J connectivity index is 0. The van der Waals surface area contributed by atoms with E-state index in [9.17, 15) is 0 Å². The van der Waals surface area contributed by atoms with Crippen molar-refractivity contribution in [1.82, 2.24) is 0 Å². The van der Waals surface area contributed by atoms with E-state index in [4.69, 9.17) is 17.5 Å². The Morgan fingerprint density at radius 2 is 2.07 bits per heavy atom. The summed E-state index contributed by atoms with van der Waals surface area (Å²) in [5, 5.41) is 9.16. The molecule has 0 heterocycles. The van der Waals surface area contributed by atoms with E-state index < -0.39 is 0 Å². The van der Waals surface area contributed by atoms with Gasteiger partial charge in [-0.1, -0.05) is 25.2 Å². The van der Waals surface area contributed by atoms with Crippen molar-refractivity contribution in [1.29, 1.82) is 5.26 Å². The molecule has 80 valence electrons. The summed E-state index contributed by atoms with van der Waals surface area (Å²) >= 11 is 6.32. The predicted octanol–water partition coefficient (Wildman–Crippen LogP) is 4.20. The van der Waals surface area contributed by atoms with Crippen LogP contribution in [0.25, 0.3) is 0 Å². The molecule has 0 saturated heterocycles. The molecule has 0 aromatic heterocycles. The second-order valence-electron chi connectivity index (χ2n) is 3.65. The average molecular weight is 229 g/mol. The molecule has 0 aromatic carbocycles. The van der Waals surface area contributed by atoms with Crippen LogP contribution in [0.1, 0.15) is 34.1 Å². The molecule has 1 atom stereocenters. The largest absolute Gasteiger partial charge is 0.198 e. The highest BCUT2D eigenvalue weighted by atomic mass is 32.2. The van der Waals surface area contributed by atoms with Gasteiger partial charge in [0, 0.05) is 9.95 Å². The molecule has 0 spiro atoms. The van der Waals surface area contributed by atoms with E-state index in [0.717, 1.165) is 6.42 Å². The fourth-order valence-electron chi connectivity index (χ4n) is 0.907. The van der Waals surface area contributed by atoms with Gasteiger partial charge in [-0.3, -0.25) is 0 Å². The Hall–Kier alpha value is -0.330. The van der Waals surface area contributed by atoms with Gasteiger partial charge in [0.15, 0.2) is 0 Å². The zero-order valence-electron chi connectivity index (χ0n) is 9.41. The molecular formula is C11H19NS2. The monoisotopic (exact) mass is 229 g/mol. The first kappa shape index (κ1) is 16.1. The van der Waals surface area contributed by atoms with Crippen LogP contribution in [0.5, 0.6) is 0 Å². The van der Waals surface area contributed by atoms with Crippen LogP contribution in [0.4, 0.5) is 0 Å². The SMILES string of the molecule is C=CC.CC(CC(C)(C)C#N)SC=S. The summed E-state index contributed by atoms with van der Waals surface area (Å²) in [4.78, 5) is 0. The van der Waals surface area contributed by atoms with Gasteiger partial charge >= 0.3 is 0 Å². The van der Waals surface area contributed by atoms with Gasteiger partial charge in [0.05, 0.1) is 11.5 Å². The first-order chi connectivity index (χ1) is 6.43. The van der Waals surface area contributed by atoms with E-state index in [1.807, 2.05) is 20.8 Å². The van der Waals surface area contributed by atoms with Crippen molar-refractivity contribution in [3.63, 3.8) is 0 Å². The lowest BCUT2D eigenvalue weighted by molar-refractivity contribution is 0.453. The number of hydrogen-bond acceptors (Lipinski definition) is 3. The molecule has 3 heteroatoms. The maximum atomic E-state index is 8.72. The quantitative estimate of drug-likeness (QED) is 0.533. The van der Waals surface area contributed by atoms with E-state index in [1.165, 1.54) is 0 Å². The van der Waals surface area contributed by atoms with Crippen LogP contribution in [0, 0.1) is 16.7 Å². The van der Waals surface area contributed by atoms with Gasteiger partial charge in [-0.15, -0.1) is 18.3 Å². The van der Waals surface area contributed by atoms with Gasteiger partial charge in [-0.05, 0) is 27.2 Å². The first-order valence-electron chi connectivity index (χ1n) is 4.51. The maximum absolute atomic E-state index is 8.72. The molecule has 1 nitrogen and oxygen atoms in total. The van der Waals surface area contributed by atoms with Crippen LogP contribution < -0.4 is 0 Å². The summed E-state index contributed by atoms with van der Waals surface area (Å²) in [6.45, 7) is 11.2. The summed E-state index contributed by atoms with van der Waals surface area (Å²) in [6, 6.07) is 2.27. The van der Waals surface area contributed by atoms with Crippen LogP contribution in [-0.2, 0) is 0 Å². The summed E-state index contributed by atoms with van der Waals surface area (Å²) in [5.74, 6) is 0. The number of hydrogen-bond donors (Lipinski definition) is 0. The lowest BCUT2D eigenvalue weighted by Crippen LogP contribution is -2.14. The zero-order valence-corrected chi connectivity index (χ0v) is 11.0. The highest BCUT2D eigenvalue weighted by Gasteiger charge is 2.19. The lowest BCUT2D eigenvalue weighted by Gasteiger charge is -2.18. The number of nitrogens with zero attached hydrogens (tertiary/aromatic N) is 1. The van der Waals surface area contributed by atoms with Crippen LogP contribution in [0.15, 0.2) is 12.7 Å². The summed E-state index contributed by atoms with van der Waals surface area (Å²) < 4.78 is 1.66. The number of thioether (sulfide) groups is 1. The molecule has 0 saturated carbocycles. The average Bonchev–Trinajstić information content (AvgIpc) is 2.05. The predicted molar refractivity (Wildman–Crippen MR) is 70.6 cm³/mol. The fourth-order valence-corrected chi connectivity index (χ4v) is 2.18. The third-order valence-electron chi connectivity index (χ3n) is 1.39. The number of allylic oxidation sites excluding steroid dienone is 1. The molecule has 0 N–H and O–H groups in total. The van der Waals surface area contributed by atoms with E-state index in [1.54, 1.807) is 22.5 Å². The van der Waals surface area contributed by atoms with Crippen LogP contribution in [-0.4, -0.2) is 9.95 Å². The molecule has 0 aliphatic rings. The molecular weight excluding hydrogens is 210 g/mol. The standard InChI is InChI=1S/C8H13NS2.C3H6/c1-7(11-6-10)4-8(2,3)5-9;1-3-2/h6-7H,4H2,1-3H3;3H,1H2,2H3. The Morgan fingerprint density at radius 3 is 2.36 bits per heavy atom. The van der Waals surface area contributed by atoms with Crippen molar-refractivity contribution < 1.29 is 0 Å². The maximum Gasteiger partial charge on any atom is 0.0684 e. The third kappa shape index (κ3) is 11.7. The van der Waals surface area contributed by atoms with Crippen molar-refractivity contribution in [2.75, 3.05) is 0 Å². The highest BCUT2D eigenvalue weighted by Crippen LogP contribution is 2.26. The van der Waals surface area contributed by atoms with Crippen LogP contribution in [0.3, 0.4) is 0 Å². The van der Waals surface area contributed by atoms with E-state index >= 15 is 0 Å². The van der Waals surface area contributed by atoms with Crippen molar-refractivity contribution in [2.24, 2.45) is 5.41 Å². The van der Waals surface area contributed by atoms with Gasteiger partial charge in [0.1, 0.15) is 0 Å². The Bertz CT molecular complexity index is 204. The van der Waals surface area contributed by atoms with Crippen LogP contribution >= 0.6 is 24.0 Å². The van der Waals surface area contributed by atoms with E-state index in [-0.39, 0.29) is 5.41 Å². The summed E-state index contributed by atoms with van der Waals surface area (Å²) in [7, 11) is 0. The van der Waals surface area contributed by atoms with Gasteiger partial charge in [-0.2, -0.15) is 5.26 Å².